The van der Waals surface area contributed by atoms with E-state index in [1.807, 2.05) is 11.6 Å². The maximum Gasteiger partial charge on any atom is 0.0785 e. The molecule has 3 heteroatoms. The molecule has 11 heavy (non-hydrogen) atoms. The summed E-state index contributed by atoms with van der Waals surface area (Å²) in [6.07, 6.45) is 0. The van der Waals surface area contributed by atoms with E-state index in [-0.39, 0.29) is 0 Å². The summed E-state index contributed by atoms with van der Waals surface area (Å²) in [5.41, 5.74) is 2.35. The first kappa shape index (κ1) is 10.1. The molecule has 1 rings (SSSR count). The van der Waals surface area contributed by atoms with Crippen LogP contribution in [0.2, 0.25) is 0 Å². The van der Waals surface area contributed by atoms with Crippen molar-refractivity contribution in [1.82, 2.24) is 9.78 Å². The van der Waals surface area contributed by atoms with Crippen LogP contribution in [0.3, 0.4) is 0 Å². The number of halogens is 1. The highest BCUT2D eigenvalue weighted by molar-refractivity contribution is 5.06. The molecule has 0 radical (unpaired) electrons. The van der Waals surface area contributed by atoms with Gasteiger partial charge in [0.25, 0.3) is 0 Å². The van der Waals surface area contributed by atoms with Crippen molar-refractivity contribution < 1.29 is 4.39 Å². The molecule has 0 fully saturated rings. The number of alkyl halides is 1. The molecule has 1 aromatic heterocycles. The van der Waals surface area contributed by atoms with Crippen molar-refractivity contribution >= 4 is 0 Å². The van der Waals surface area contributed by atoms with Gasteiger partial charge < -0.3 is 0 Å². The monoisotopic (exact) mass is 158 g/mol. The Kier molecular flexibility index (Phi) is 4.50. The maximum absolute atomic E-state index is 9.50. The number of hydrogen-bond donors (Lipinski definition) is 0. The number of aryl methyl sites for hydroxylation is 3. The number of rotatable bonds is 1. The zero-order valence-corrected chi connectivity index (χ0v) is 7.56. The summed E-state index contributed by atoms with van der Waals surface area (Å²) in [4.78, 5) is 0. The molecule has 2 nitrogen and oxygen atoms in total. The lowest BCUT2D eigenvalue weighted by atomic mass is 10.4. The normalized spacial score (nSPS) is 8.82. The number of nitrogens with zero attached hydrogens (tertiary/aromatic N) is 2. The fourth-order valence-corrected chi connectivity index (χ4v) is 0.995. The maximum atomic E-state index is 9.50. The van der Waals surface area contributed by atoms with E-state index in [2.05, 4.69) is 25.0 Å². The van der Waals surface area contributed by atoms with Crippen LogP contribution < -0.4 is 0 Å². The van der Waals surface area contributed by atoms with Crippen LogP contribution in [0, 0.1) is 13.8 Å². The van der Waals surface area contributed by atoms with E-state index < -0.39 is 0 Å². The van der Waals surface area contributed by atoms with Crippen LogP contribution in [-0.4, -0.2) is 17.0 Å². The largest absolute Gasteiger partial charge is 0.270 e. The van der Waals surface area contributed by atoms with Gasteiger partial charge in [0.2, 0.25) is 0 Å². The molecule has 0 aliphatic rings. The standard InChI is InChI=1S/C7H12N2.CH3F/c1-4-9-7(3)5-6(2)8-9;1-2/h5H,4H2,1-3H3;1H3. The van der Waals surface area contributed by atoms with Gasteiger partial charge in [-0.05, 0) is 26.8 Å². The Hall–Kier alpha value is -0.860. The molecule has 0 N–H and O–H groups in total. The summed E-state index contributed by atoms with van der Waals surface area (Å²) in [5.74, 6) is 0. The van der Waals surface area contributed by atoms with Crippen molar-refractivity contribution in [3.8, 4) is 0 Å². The molecular weight excluding hydrogens is 143 g/mol. The van der Waals surface area contributed by atoms with Crippen molar-refractivity contribution in [3.05, 3.63) is 17.5 Å². The molecule has 0 aliphatic carbocycles. The van der Waals surface area contributed by atoms with E-state index in [1.54, 1.807) is 0 Å². The Morgan fingerprint density at radius 2 is 2.00 bits per heavy atom. The van der Waals surface area contributed by atoms with Crippen LogP contribution in [-0.2, 0) is 6.54 Å². The predicted molar refractivity (Wildman–Crippen MR) is 44.4 cm³/mol. The summed E-state index contributed by atoms with van der Waals surface area (Å²) in [6, 6.07) is 2.09. The zero-order valence-electron chi connectivity index (χ0n) is 7.56. The average Bonchev–Trinajstić information content (AvgIpc) is 2.33. The lowest BCUT2D eigenvalue weighted by Crippen LogP contribution is -1.97. The Bertz CT molecular complexity index is 206. The Morgan fingerprint density at radius 3 is 2.18 bits per heavy atom. The van der Waals surface area contributed by atoms with Crippen LogP contribution in [0.25, 0.3) is 0 Å². The van der Waals surface area contributed by atoms with Gasteiger partial charge in [0, 0.05) is 12.2 Å². The first-order chi connectivity index (χ1) is 5.24. The van der Waals surface area contributed by atoms with Crippen molar-refractivity contribution in [1.29, 1.82) is 0 Å². The minimum atomic E-state index is 0.500. The fraction of sp³-hybridized carbons (Fsp3) is 0.625. The van der Waals surface area contributed by atoms with Crippen molar-refractivity contribution in [2.45, 2.75) is 27.3 Å². The van der Waals surface area contributed by atoms with E-state index in [1.165, 1.54) is 5.69 Å². The van der Waals surface area contributed by atoms with Crippen molar-refractivity contribution in [3.63, 3.8) is 0 Å². The average molecular weight is 158 g/mol. The molecule has 0 unspecified atom stereocenters. The molecule has 0 amide bonds. The highest BCUT2D eigenvalue weighted by Crippen LogP contribution is 1.99. The molecule has 1 aromatic rings. The molecule has 0 saturated heterocycles. The van der Waals surface area contributed by atoms with E-state index in [9.17, 15) is 4.39 Å². The van der Waals surface area contributed by atoms with Gasteiger partial charge in [-0.25, -0.2) is 0 Å². The number of hydrogen-bond acceptors (Lipinski definition) is 1. The summed E-state index contributed by atoms with van der Waals surface area (Å²) < 4.78 is 11.5. The van der Waals surface area contributed by atoms with Gasteiger partial charge >= 0.3 is 0 Å². The number of aromatic nitrogens is 2. The Balaban J connectivity index is 0.000000461. The lowest BCUT2D eigenvalue weighted by molar-refractivity contribution is 0.634. The second-order valence-electron chi connectivity index (χ2n) is 2.24. The molecule has 1 heterocycles. The third-order valence-electron chi connectivity index (χ3n) is 1.40. The minimum absolute atomic E-state index is 0.500. The Morgan fingerprint density at radius 1 is 1.45 bits per heavy atom. The predicted octanol–water partition coefficient (Wildman–Crippen LogP) is 2.11. The lowest BCUT2D eigenvalue weighted by Gasteiger charge is -1.95. The van der Waals surface area contributed by atoms with Crippen LogP contribution >= 0.6 is 0 Å². The van der Waals surface area contributed by atoms with E-state index in [4.69, 9.17) is 0 Å². The molecule has 0 aromatic carbocycles. The van der Waals surface area contributed by atoms with E-state index in [0.29, 0.717) is 7.18 Å². The second kappa shape index (κ2) is 4.88. The van der Waals surface area contributed by atoms with E-state index in [0.717, 1.165) is 12.2 Å². The van der Waals surface area contributed by atoms with Crippen LogP contribution in [0.15, 0.2) is 6.07 Å². The summed E-state index contributed by atoms with van der Waals surface area (Å²) in [5, 5.41) is 4.25. The first-order valence-corrected chi connectivity index (χ1v) is 3.63. The van der Waals surface area contributed by atoms with Crippen molar-refractivity contribution in [2.75, 3.05) is 7.18 Å². The van der Waals surface area contributed by atoms with Crippen LogP contribution in [0.1, 0.15) is 18.3 Å². The SMILES string of the molecule is CCn1nc(C)cc1C.CF. The third kappa shape index (κ3) is 2.70. The third-order valence-corrected chi connectivity index (χ3v) is 1.40. The molecule has 0 saturated carbocycles. The molecule has 0 spiro atoms. The second-order valence-corrected chi connectivity index (χ2v) is 2.24. The quantitative estimate of drug-likeness (QED) is 0.612. The van der Waals surface area contributed by atoms with Crippen molar-refractivity contribution in [2.24, 2.45) is 0 Å². The van der Waals surface area contributed by atoms with Gasteiger partial charge in [-0.15, -0.1) is 0 Å². The highest BCUT2D eigenvalue weighted by Gasteiger charge is 1.95. The minimum Gasteiger partial charge on any atom is -0.270 e. The van der Waals surface area contributed by atoms with Gasteiger partial charge in [0.1, 0.15) is 0 Å². The summed E-state index contributed by atoms with van der Waals surface area (Å²) >= 11 is 0. The van der Waals surface area contributed by atoms with Crippen LogP contribution in [0.5, 0.6) is 0 Å². The van der Waals surface area contributed by atoms with E-state index >= 15 is 0 Å². The molecule has 0 atom stereocenters. The van der Waals surface area contributed by atoms with Gasteiger partial charge in [-0.1, -0.05) is 0 Å². The van der Waals surface area contributed by atoms with Gasteiger partial charge in [0.15, 0.2) is 0 Å². The smallest absolute Gasteiger partial charge is 0.0785 e. The Labute approximate surface area is 67.0 Å². The molecular formula is C8H15FN2. The summed E-state index contributed by atoms with van der Waals surface area (Å²) in [7, 11) is 0.500. The zero-order chi connectivity index (χ0) is 8.85. The molecule has 0 bridgehead atoms. The van der Waals surface area contributed by atoms with Gasteiger partial charge in [-0.2, -0.15) is 5.10 Å². The molecule has 64 valence electrons. The summed E-state index contributed by atoms with van der Waals surface area (Å²) in [6.45, 7) is 7.15. The fourth-order valence-electron chi connectivity index (χ4n) is 0.995. The molecule has 0 aliphatic heterocycles. The highest BCUT2D eigenvalue weighted by atomic mass is 19.1. The van der Waals surface area contributed by atoms with Gasteiger partial charge in [0.05, 0.1) is 12.9 Å². The first-order valence-electron chi connectivity index (χ1n) is 3.63. The van der Waals surface area contributed by atoms with Gasteiger partial charge in [-0.3, -0.25) is 9.07 Å². The topological polar surface area (TPSA) is 17.8 Å². The van der Waals surface area contributed by atoms with Crippen LogP contribution in [0.4, 0.5) is 4.39 Å².